The summed E-state index contributed by atoms with van der Waals surface area (Å²) in [5, 5.41) is 2.76. The van der Waals surface area contributed by atoms with Crippen LogP contribution in [0.4, 0.5) is 8.78 Å². The summed E-state index contributed by atoms with van der Waals surface area (Å²) in [4.78, 5) is 0. The van der Waals surface area contributed by atoms with Gasteiger partial charge in [-0.15, -0.1) is 0 Å². The number of nitrogens with two attached hydrogens (primary N) is 1. The zero-order chi connectivity index (χ0) is 11.3. The van der Waals surface area contributed by atoms with Crippen LogP contribution in [0, 0.1) is 11.6 Å². The fraction of sp³-hybridized carbons (Fsp3) is 0.400. The quantitative estimate of drug-likeness (QED) is 0.605. The summed E-state index contributed by atoms with van der Waals surface area (Å²) in [5.41, 5.74) is 5.56. The van der Waals surface area contributed by atoms with Gasteiger partial charge >= 0.3 is 0 Å². The Morgan fingerprint density at radius 1 is 1.27 bits per heavy atom. The molecule has 0 aliphatic heterocycles. The van der Waals surface area contributed by atoms with Crippen LogP contribution < -0.4 is 11.1 Å². The van der Waals surface area contributed by atoms with Gasteiger partial charge in [-0.1, -0.05) is 11.6 Å². The van der Waals surface area contributed by atoms with Gasteiger partial charge in [0.25, 0.3) is 0 Å². The summed E-state index contributed by atoms with van der Waals surface area (Å²) < 4.78 is 26.2. The highest BCUT2D eigenvalue weighted by Gasteiger charge is 2.07. The molecule has 84 valence electrons. The molecule has 0 aromatic heterocycles. The molecule has 1 aromatic rings. The lowest BCUT2D eigenvalue weighted by Gasteiger charge is -2.06. The largest absolute Gasteiger partial charge is 0.330 e. The van der Waals surface area contributed by atoms with E-state index in [1.54, 1.807) is 0 Å². The fourth-order valence-electron chi connectivity index (χ4n) is 1.15. The van der Waals surface area contributed by atoms with Crippen molar-refractivity contribution in [2.45, 2.75) is 13.0 Å². The Labute approximate surface area is 92.4 Å². The molecule has 0 saturated carbocycles. The Kier molecular flexibility index (Phi) is 4.94. The molecular weight excluding hydrogens is 222 g/mol. The van der Waals surface area contributed by atoms with E-state index in [-0.39, 0.29) is 17.1 Å². The van der Waals surface area contributed by atoms with Crippen molar-refractivity contribution < 1.29 is 8.78 Å². The lowest BCUT2D eigenvalue weighted by molar-refractivity contribution is 0.566. The molecule has 0 radical (unpaired) electrons. The topological polar surface area (TPSA) is 38.0 Å². The predicted molar refractivity (Wildman–Crippen MR) is 56.7 cm³/mol. The first-order valence-corrected chi connectivity index (χ1v) is 5.07. The molecule has 0 aliphatic carbocycles. The maximum absolute atomic E-state index is 13.2. The van der Waals surface area contributed by atoms with Crippen molar-refractivity contribution in [3.05, 3.63) is 34.4 Å². The normalized spacial score (nSPS) is 10.7. The highest BCUT2D eigenvalue weighted by atomic mass is 35.5. The first-order chi connectivity index (χ1) is 7.15. The van der Waals surface area contributed by atoms with E-state index in [9.17, 15) is 8.78 Å². The minimum absolute atomic E-state index is 0.196. The molecule has 3 N–H and O–H groups in total. The highest BCUT2D eigenvalue weighted by molar-refractivity contribution is 6.30. The molecule has 0 saturated heterocycles. The minimum atomic E-state index is -0.603. The second-order valence-electron chi connectivity index (χ2n) is 3.18. The van der Waals surface area contributed by atoms with Crippen LogP contribution in [0.2, 0.25) is 5.02 Å². The monoisotopic (exact) mass is 234 g/mol. The lowest BCUT2D eigenvalue weighted by Crippen LogP contribution is -2.18. The van der Waals surface area contributed by atoms with Crippen molar-refractivity contribution >= 4 is 11.6 Å². The van der Waals surface area contributed by atoms with E-state index in [4.69, 9.17) is 17.3 Å². The average molecular weight is 235 g/mol. The molecule has 15 heavy (non-hydrogen) atoms. The molecule has 0 heterocycles. The van der Waals surface area contributed by atoms with Crippen LogP contribution in [0.25, 0.3) is 0 Å². The van der Waals surface area contributed by atoms with Gasteiger partial charge < -0.3 is 11.1 Å². The van der Waals surface area contributed by atoms with Crippen molar-refractivity contribution in [1.82, 2.24) is 5.32 Å². The third-order valence-electron chi connectivity index (χ3n) is 1.96. The van der Waals surface area contributed by atoms with Crippen molar-refractivity contribution in [2.24, 2.45) is 5.73 Å². The molecule has 0 fully saturated rings. The second kappa shape index (κ2) is 6.00. The summed E-state index contributed by atoms with van der Waals surface area (Å²) in [6.45, 7) is 1.53. The fourth-order valence-corrected chi connectivity index (χ4v) is 1.30. The van der Waals surface area contributed by atoms with E-state index < -0.39 is 11.6 Å². The third-order valence-corrected chi connectivity index (χ3v) is 2.25. The zero-order valence-corrected chi connectivity index (χ0v) is 8.95. The van der Waals surface area contributed by atoms with Crippen LogP contribution in [0.1, 0.15) is 12.0 Å². The zero-order valence-electron chi connectivity index (χ0n) is 8.19. The summed E-state index contributed by atoms with van der Waals surface area (Å²) in [5.74, 6) is -1.10. The maximum Gasteiger partial charge on any atom is 0.142 e. The van der Waals surface area contributed by atoms with Gasteiger partial charge in [0.15, 0.2) is 0 Å². The van der Waals surface area contributed by atoms with E-state index in [1.165, 1.54) is 0 Å². The Bertz CT molecular complexity index is 331. The number of halogens is 3. The van der Waals surface area contributed by atoms with E-state index in [2.05, 4.69) is 5.32 Å². The first kappa shape index (κ1) is 12.4. The van der Waals surface area contributed by atoms with E-state index in [1.807, 2.05) is 0 Å². The number of rotatable bonds is 5. The molecule has 0 amide bonds. The molecule has 1 rings (SSSR count). The van der Waals surface area contributed by atoms with Crippen molar-refractivity contribution in [3.8, 4) is 0 Å². The summed E-state index contributed by atoms with van der Waals surface area (Å²) in [6.07, 6.45) is 0.803. The Morgan fingerprint density at radius 3 is 2.67 bits per heavy atom. The summed E-state index contributed by atoms with van der Waals surface area (Å²) >= 11 is 5.42. The SMILES string of the molecule is NCCCNCc1cc(F)c(Cl)cc1F. The molecule has 1 aromatic carbocycles. The van der Waals surface area contributed by atoms with E-state index >= 15 is 0 Å². The van der Waals surface area contributed by atoms with Crippen LogP contribution in [0.5, 0.6) is 0 Å². The molecule has 2 nitrogen and oxygen atoms in total. The van der Waals surface area contributed by atoms with Gasteiger partial charge in [0.05, 0.1) is 5.02 Å². The molecular formula is C10H13ClF2N2. The molecule has 0 unspecified atom stereocenters. The Hall–Kier alpha value is -0.710. The van der Waals surface area contributed by atoms with Gasteiger partial charge in [-0.3, -0.25) is 0 Å². The minimum Gasteiger partial charge on any atom is -0.330 e. The van der Waals surface area contributed by atoms with Crippen LogP contribution in [-0.4, -0.2) is 13.1 Å². The average Bonchev–Trinajstić information content (AvgIpc) is 2.20. The number of hydrogen-bond acceptors (Lipinski definition) is 2. The number of hydrogen-bond donors (Lipinski definition) is 2. The predicted octanol–water partition coefficient (Wildman–Crippen LogP) is 2.06. The Morgan fingerprint density at radius 2 is 2.00 bits per heavy atom. The van der Waals surface area contributed by atoms with Gasteiger partial charge in [-0.25, -0.2) is 8.78 Å². The summed E-state index contributed by atoms with van der Waals surface area (Å²) in [6, 6.07) is 2.09. The van der Waals surface area contributed by atoms with Gasteiger partial charge in [0.1, 0.15) is 11.6 Å². The molecule has 0 aliphatic rings. The second-order valence-corrected chi connectivity index (χ2v) is 3.58. The number of benzene rings is 1. The van der Waals surface area contributed by atoms with E-state index in [0.717, 1.165) is 18.6 Å². The highest BCUT2D eigenvalue weighted by Crippen LogP contribution is 2.18. The van der Waals surface area contributed by atoms with Gasteiger partial charge in [-0.05, 0) is 31.6 Å². The Balaban J connectivity index is 2.57. The smallest absolute Gasteiger partial charge is 0.142 e. The lowest BCUT2D eigenvalue weighted by atomic mass is 10.2. The number of nitrogens with one attached hydrogen (secondary N) is 1. The molecule has 0 spiro atoms. The van der Waals surface area contributed by atoms with Crippen molar-refractivity contribution in [2.75, 3.05) is 13.1 Å². The first-order valence-electron chi connectivity index (χ1n) is 4.69. The van der Waals surface area contributed by atoms with Crippen molar-refractivity contribution in [3.63, 3.8) is 0 Å². The molecule has 0 atom stereocenters. The molecule has 0 bridgehead atoms. The van der Waals surface area contributed by atoms with Gasteiger partial charge in [0, 0.05) is 12.1 Å². The standard InChI is InChI=1S/C10H13ClF2N2/c11-8-5-9(12)7(4-10(8)13)6-15-3-1-2-14/h4-5,15H,1-3,6,14H2. The summed E-state index contributed by atoms with van der Waals surface area (Å²) in [7, 11) is 0. The van der Waals surface area contributed by atoms with Crippen LogP contribution >= 0.6 is 11.6 Å². The molecule has 5 heteroatoms. The third kappa shape index (κ3) is 3.74. The maximum atomic E-state index is 13.2. The van der Waals surface area contributed by atoms with Crippen LogP contribution in [-0.2, 0) is 6.54 Å². The van der Waals surface area contributed by atoms with Gasteiger partial charge in [0.2, 0.25) is 0 Å². The van der Waals surface area contributed by atoms with Crippen molar-refractivity contribution in [1.29, 1.82) is 0 Å². The van der Waals surface area contributed by atoms with Crippen LogP contribution in [0.15, 0.2) is 12.1 Å². The van der Waals surface area contributed by atoms with Gasteiger partial charge in [-0.2, -0.15) is 0 Å². The van der Waals surface area contributed by atoms with Crippen LogP contribution in [0.3, 0.4) is 0 Å². The van der Waals surface area contributed by atoms with E-state index in [0.29, 0.717) is 13.1 Å².